The highest BCUT2D eigenvalue weighted by atomic mass is 79.9. The Morgan fingerprint density at radius 1 is 0.848 bits per heavy atom. The van der Waals surface area contributed by atoms with Gasteiger partial charge in [0.1, 0.15) is 20.6 Å². The fourth-order valence-electron chi connectivity index (χ4n) is 1.97. The molecule has 9 nitrogen and oxygen atoms in total. The standard InChI is InChI=1S/C11H11BrN2O2.C6H4BrNO2.C5H9NO/c1-7(6-8(2)15)13-11(16)9-4-3-5-10(12)14-9;7-5-3-1-2-4(8-5)6(9)10;1-4(6)3-5(2)7/h3-6H,1-2H3,(H,13,16);1-3H,(H,9,10);3H,6H2,1-2H3/b7-6-;;4-3-. The molecule has 0 aliphatic heterocycles. The van der Waals surface area contributed by atoms with Crippen molar-refractivity contribution in [2.75, 3.05) is 0 Å². The van der Waals surface area contributed by atoms with Crippen LogP contribution in [0.4, 0.5) is 0 Å². The minimum Gasteiger partial charge on any atom is -0.477 e. The third kappa shape index (κ3) is 15.3. The number of aromatic nitrogens is 2. The van der Waals surface area contributed by atoms with Crippen LogP contribution in [0.5, 0.6) is 0 Å². The number of pyridine rings is 2. The average Bonchev–Trinajstić information content (AvgIpc) is 2.67. The zero-order valence-corrected chi connectivity index (χ0v) is 21.6. The molecule has 0 spiro atoms. The van der Waals surface area contributed by atoms with E-state index < -0.39 is 5.97 Å². The van der Waals surface area contributed by atoms with E-state index in [4.69, 9.17) is 10.8 Å². The Labute approximate surface area is 208 Å². The van der Waals surface area contributed by atoms with Crippen LogP contribution in [0.1, 0.15) is 48.7 Å². The van der Waals surface area contributed by atoms with E-state index in [1.807, 2.05) is 0 Å². The third-order valence-corrected chi connectivity index (χ3v) is 3.93. The molecule has 0 aliphatic carbocycles. The Balaban J connectivity index is 0.000000514. The number of carbonyl (C=O) groups is 4. The van der Waals surface area contributed by atoms with E-state index in [0.717, 1.165) is 0 Å². The van der Waals surface area contributed by atoms with Crippen molar-refractivity contribution < 1.29 is 24.3 Å². The quantitative estimate of drug-likeness (QED) is 0.352. The molecule has 0 radical (unpaired) electrons. The Bertz CT molecular complexity index is 1060. The van der Waals surface area contributed by atoms with Crippen LogP contribution in [0.2, 0.25) is 0 Å². The molecule has 0 unspecified atom stereocenters. The lowest BCUT2D eigenvalue weighted by Gasteiger charge is -2.04. The van der Waals surface area contributed by atoms with Gasteiger partial charge in [-0.15, -0.1) is 0 Å². The highest BCUT2D eigenvalue weighted by Crippen LogP contribution is 2.07. The predicted octanol–water partition coefficient (Wildman–Crippen LogP) is 4.05. The summed E-state index contributed by atoms with van der Waals surface area (Å²) in [5, 5.41) is 11.0. The number of aromatic carboxylic acids is 1. The number of carbonyl (C=O) groups excluding carboxylic acids is 3. The molecule has 1 amide bonds. The summed E-state index contributed by atoms with van der Waals surface area (Å²) in [6, 6.07) is 9.78. The molecule has 0 bridgehead atoms. The van der Waals surface area contributed by atoms with Gasteiger partial charge in [-0.25, -0.2) is 14.8 Å². The average molecular weight is 584 g/mol. The number of allylic oxidation sites excluding steroid dienone is 4. The lowest BCUT2D eigenvalue weighted by Crippen LogP contribution is -2.22. The van der Waals surface area contributed by atoms with E-state index in [0.29, 0.717) is 26.3 Å². The lowest BCUT2D eigenvalue weighted by molar-refractivity contribution is -0.113. The highest BCUT2D eigenvalue weighted by molar-refractivity contribution is 9.10. The first-order chi connectivity index (χ1) is 15.3. The summed E-state index contributed by atoms with van der Waals surface area (Å²) in [5.41, 5.74) is 6.54. The molecule has 2 rings (SSSR count). The SMILES string of the molecule is CC(=O)/C=C(/C)N.CC(=O)/C=C(/C)NC(=O)c1cccc(Br)n1.O=C(O)c1cccc(Br)n1. The molecule has 0 fully saturated rings. The Kier molecular flexibility index (Phi) is 14.1. The number of nitrogens with two attached hydrogens (primary N) is 1. The van der Waals surface area contributed by atoms with E-state index in [9.17, 15) is 19.2 Å². The van der Waals surface area contributed by atoms with Crippen LogP contribution in [0.25, 0.3) is 0 Å². The van der Waals surface area contributed by atoms with E-state index >= 15 is 0 Å². The van der Waals surface area contributed by atoms with Crippen molar-refractivity contribution in [3.8, 4) is 0 Å². The molecule has 0 aliphatic rings. The maximum atomic E-state index is 11.6. The fraction of sp³-hybridized carbons (Fsp3) is 0.182. The van der Waals surface area contributed by atoms with Crippen molar-refractivity contribution in [1.82, 2.24) is 15.3 Å². The summed E-state index contributed by atoms with van der Waals surface area (Å²) >= 11 is 6.23. The molecular weight excluding hydrogens is 560 g/mol. The van der Waals surface area contributed by atoms with Crippen LogP contribution < -0.4 is 11.1 Å². The Morgan fingerprint density at radius 2 is 1.30 bits per heavy atom. The number of amides is 1. The van der Waals surface area contributed by atoms with Gasteiger partial charge in [-0.2, -0.15) is 0 Å². The topological polar surface area (TPSA) is 152 Å². The second kappa shape index (κ2) is 15.6. The molecule has 0 saturated carbocycles. The minimum absolute atomic E-state index is 0.000000000000000444. The van der Waals surface area contributed by atoms with Crippen LogP contribution in [0, 0.1) is 0 Å². The summed E-state index contributed by atoms with van der Waals surface area (Å²) in [7, 11) is 0. The fourth-order valence-corrected chi connectivity index (χ4v) is 2.65. The van der Waals surface area contributed by atoms with E-state index in [1.165, 1.54) is 32.1 Å². The van der Waals surface area contributed by atoms with Crippen LogP contribution in [0.15, 0.2) is 69.2 Å². The summed E-state index contributed by atoms with van der Waals surface area (Å²) in [6.45, 7) is 6.22. The van der Waals surface area contributed by atoms with E-state index in [2.05, 4.69) is 47.1 Å². The van der Waals surface area contributed by atoms with E-state index in [1.54, 1.807) is 44.2 Å². The molecule has 2 aromatic heterocycles. The smallest absolute Gasteiger partial charge is 0.354 e. The van der Waals surface area contributed by atoms with Crippen LogP contribution in [-0.2, 0) is 9.59 Å². The highest BCUT2D eigenvalue weighted by Gasteiger charge is 2.07. The molecule has 0 aromatic carbocycles. The number of nitrogens with one attached hydrogen (secondary N) is 1. The van der Waals surface area contributed by atoms with Gasteiger partial charge < -0.3 is 16.2 Å². The Morgan fingerprint density at radius 3 is 1.64 bits per heavy atom. The molecule has 11 heteroatoms. The van der Waals surface area contributed by atoms with Gasteiger partial charge in [-0.05, 0) is 96.0 Å². The van der Waals surface area contributed by atoms with Crippen LogP contribution >= 0.6 is 31.9 Å². The van der Waals surface area contributed by atoms with Crippen molar-refractivity contribution in [2.24, 2.45) is 5.73 Å². The summed E-state index contributed by atoms with van der Waals surface area (Å²) in [5.74, 6) is -1.46. The largest absolute Gasteiger partial charge is 0.477 e. The Hall–Kier alpha value is -3.18. The van der Waals surface area contributed by atoms with Crippen molar-refractivity contribution >= 4 is 55.3 Å². The number of nitrogens with zero attached hydrogens (tertiary/aromatic N) is 2. The second-order valence-electron chi connectivity index (χ2n) is 6.39. The molecule has 2 aromatic rings. The van der Waals surface area contributed by atoms with Crippen molar-refractivity contribution in [1.29, 1.82) is 0 Å². The number of ketones is 2. The third-order valence-electron chi connectivity index (χ3n) is 3.04. The number of rotatable bonds is 5. The van der Waals surface area contributed by atoms with Gasteiger partial charge in [0.15, 0.2) is 11.6 Å². The number of hydrogen-bond donors (Lipinski definition) is 3. The van der Waals surface area contributed by atoms with Gasteiger partial charge in [0.2, 0.25) is 0 Å². The monoisotopic (exact) mass is 582 g/mol. The first-order valence-electron chi connectivity index (χ1n) is 9.24. The summed E-state index contributed by atoms with van der Waals surface area (Å²) in [6.07, 6.45) is 2.75. The minimum atomic E-state index is -1.01. The van der Waals surface area contributed by atoms with Gasteiger partial charge in [0.05, 0.1) is 0 Å². The van der Waals surface area contributed by atoms with Crippen LogP contribution in [-0.4, -0.2) is 38.5 Å². The molecule has 0 saturated heterocycles. The normalized spacial score (nSPS) is 10.6. The van der Waals surface area contributed by atoms with Gasteiger partial charge >= 0.3 is 5.97 Å². The molecule has 4 N–H and O–H groups in total. The molecule has 2 heterocycles. The lowest BCUT2D eigenvalue weighted by atomic mass is 10.3. The van der Waals surface area contributed by atoms with Crippen molar-refractivity contribution in [3.63, 3.8) is 0 Å². The number of hydrogen-bond acceptors (Lipinski definition) is 7. The number of halogens is 2. The predicted molar refractivity (Wildman–Crippen MR) is 131 cm³/mol. The van der Waals surface area contributed by atoms with Crippen molar-refractivity contribution in [3.05, 3.63) is 80.5 Å². The van der Waals surface area contributed by atoms with Gasteiger partial charge in [-0.3, -0.25) is 14.4 Å². The zero-order chi connectivity index (χ0) is 25.6. The first kappa shape index (κ1) is 29.8. The first-order valence-corrected chi connectivity index (χ1v) is 10.8. The van der Waals surface area contributed by atoms with Crippen LogP contribution in [0.3, 0.4) is 0 Å². The maximum absolute atomic E-state index is 11.6. The molecule has 0 atom stereocenters. The number of carboxylic acids is 1. The molecular formula is C22H24Br2N4O5. The summed E-state index contributed by atoms with van der Waals surface area (Å²) in [4.78, 5) is 50.5. The molecule has 176 valence electrons. The van der Waals surface area contributed by atoms with Gasteiger partial charge in [0.25, 0.3) is 5.91 Å². The van der Waals surface area contributed by atoms with E-state index in [-0.39, 0.29) is 23.2 Å². The zero-order valence-electron chi connectivity index (χ0n) is 18.4. The molecule has 33 heavy (non-hydrogen) atoms. The second-order valence-corrected chi connectivity index (χ2v) is 8.01. The summed E-state index contributed by atoms with van der Waals surface area (Å²) < 4.78 is 1.13. The van der Waals surface area contributed by atoms with Gasteiger partial charge in [-0.1, -0.05) is 12.1 Å². The maximum Gasteiger partial charge on any atom is 0.354 e. The van der Waals surface area contributed by atoms with Crippen molar-refractivity contribution in [2.45, 2.75) is 27.7 Å². The number of carboxylic acid groups (broad SMARTS) is 1. The van der Waals surface area contributed by atoms with Gasteiger partial charge in [0, 0.05) is 11.4 Å².